The van der Waals surface area contributed by atoms with Gasteiger partial charge in [0.1, 0.15) is 17.2 Å². The molecule has 4 aromatic rings. The molecule has 0 unspecified atom stereocenters. The first-order valence-corrected chi connectivity index (χ1v) is 22.2. The van der Waals surface area contributed by atoms with Crippen LogP contribution in [0, 0.1) is 20.8 Å². The van der Waals surface area contributed by atoms with E-state index in [1.807, 2.05) is 41.5 Å². The molecular weight excluding hydrogens is 751 g/mol. The fraction of sp³-hybridized carbons (Fsp3) is 0.588. The zero-order chi connectivity index (χ0) is 45.7. The van der Waals surface area contributed by atoms with Gasteiger partial charge in [0, 0.05) is 16.7 Å². The minimum absolute atomic E-state index is 0.153. The largest absolute Gasteiger partial charge is 0.507 e. The van der Waals surface area contributed by atoms with Gasteiger partial charge in [-0.3, -0.25) is 0 Å². The Labute approximate surface area is 359 Å². The summed E-state index contributed by atoms with van der Waals surface area (Å²) in [6.07, 6.45) is 3.78. The second-order valence-corrected chi connectivity index (χ2v) is 19.8. The maximum absolute atomic E-state index is 15.0. The number of rotatable bonds is 12. The van der Waals surface area contributed by atoms with Crippen molar-refractivity contribution in [1.29, 1.82) is 0 Å². The lowest BCUT2D eigenvalue weighted by Crippen LogP contribution is -2.55. The van der Waals surface area contributed by atoms with Crippen molar-refractivity contribution in [3.05, 3.63) is 115 Å². The third-order valence-corrected chi connectivity index (χ3v) is 12.9. The van der Waals surface area contributed by atoms with E-state index in [9.17, 15) is 15.3 Å². The molecule has 3 aromatic carbocycles. The summed E-state index contributed by atoms with van der Waals surface area (Å²) < 4.78 is 3.44. The van der Waals surface area contributed by atoms with E-state index in [0.717, 1.165) is 63.8 Å². The number of aromatic nitrogens is 3. The third-order valence-electron chi connectivity index (χ3n) is 12.9. The highest BCUT2D eigenvalue weighted by Crippen LogP contribution is 2.44. The Balaban J connectivity index is 2.22. The Morgan fingerprint density at radius 2 is 0.533 bits per heavy atom. The van der Waals surface area contributed by atoms with Crippen molar-refractivity contribution in [1.82, 2.24) is 13.7 Å². The summed E-state index contributed by atoms with van der Waals surface area (Å²) in [5.41, 5.74) is 9.02. The maximum Gasteiger partial charge on any atom is 0.336 e. The fourth-order valence-electron chi connectivity index (χ4n) is 10.2. The van der Waals surface area contributed by atoms with Gasteiger partial charge in [-0.1, -0.05) is 104 Å². The van der Waals surface area contributed by atoms with Gasteiger partial charge in [0.25, 0.3) is 0 Å². The molecule has 60 heavy (non-hydrogen) atoms. The molecule has 0 saturated heterocycles. The first kappa shape index (κ1) is 48.1. The molecule has 0 aliphatic rings. The van der Waals surface area contributed by atoms with Crippen LogP contribution in [0.5, 0.6) is 17.2 Å². The number of benzene rings is 3. The summed E-state index contributed by atoms with van der Waals surface area (Å²) in [6, 6.07) is 0. The highest BCUT2D eigenvalue weighted by Gasteiger charge is 2.32. The average molecular weight is 826 g/mol. The molecule has 9 nitrogen and oxygen atoms in total. The summed E-state index contributed by atoms with van der Waals surface area (Å²) in [4.78, 5) is 45.1. The summed E-state index contributed by atoms with van der Waals surface area (Å²) in [5, 5.41) is 35.5. The second-order valence-electron chi connectivity index (χ2n) is 19.8. The van der Waals surface area contributed by atoms with Crippen LogP contribution in [0.4, 0.5) is 0 Å². The Hall–Kier alpha value is -4.53. The summed E-state index contributed by atoms with van der Waals surface area (Å²) in [7, 11) is 0. The molecule has 0 amide bonds. The van der Waals surface area contributed by atoms with Crippen LogP contribution < -0.4 is 17.1 Å². The van der Waals surface area contributed by atoms with Crippen molar-refractivity contribution >= 4 is 0 Å². The van der Waals surface area contributed by atoms with E-state index >= 15 is 14.4 Å². The predicted molar refractivity (Wildman–Crippen MR) is 247 cm³/mol. The van der Waals surface area contributed by atoms with Crippen LogP contribution in [-0.4, -0.2) is 29.0 Å². The molecule has 0 saturated carbocycles. The van der Waals surface area contributed by atoms with Crippen LogP contribution in [0.1, 0.15) is 187 Å². The van der Waals surface area contributed by atoms with Gasteiger partial charge in [-0.05, 0) is 142 Å². The van der Waals surface area contributed by atoms with E-state index in [4.69, 9.17) is 0 Å². The molecule has 9 heteroatoms. The first-order chi connectivity index (χ1) is 27.7. The number of hydrogen-bond donors (Lipinski definition) is 3. The van der Waals surface area contributed by atoms with Crippen LogP contribution in [-0.2, 0) is 74.4 Å². The van der Waals surface area contributed by atoms with Crippen molar-refractivity contribution in [3.63, 3.8) is 0 Å². The third kappa shape index (κ3) is 8.26. The number of phenols is 3. The van der Waals surface area contributed by atoms with Gasteiger partial charge >= 0.3 is 17.1 Å². The van der Waals surface area contributed by atoms with Crippen molar-refractivity contribution in [3.8, 4) is 17.2 Å². The molecule has 330 valence electrons. The number of aromatic hydroxyl groups is 3. The summed E-state index contributed by atoms with van der Waals surface area (Å²) in [5.74, 6) is 0.466. The molecular formula is C51H75N3O6. The van der Waals surface area contributed by atoms with Gasteiger partial charge < -0.3 is 15.3 Å². The smallest absolute Gasteiger partial charge is 0.336 e. The van der Waals surface area contributed by atoms with Crippen molar-refractivity contribution in [2.24, 2.45) is 0 Å². The van der Waals surface area contributed by atoms with Gasteiger partial charge in [0.05, 0.1) is 19.6 Å². The van der Waals surface area contributed by atoms with Crippen molar-refractivity contribution in [2.45, 2.75) is 199 Å². The molecule has 0 aliphatic carbocycles. The molecule has 1 aromatic heterocycles. The van der Waals surface area contributed by atoms with Crippen molar-refractivity contribution < 1.29 is 15.3 Å². The second kappa shape index (κ2) is 17.4. The van der Waals surface area contributed by atoms with Crippen LogP contribution >= 0.6 is 0 Å². The zero-order valence-corrected chi connectivity index (χ0v) is 40.3. The van der Waals surface area contributed by atoms with Crippen molar-refractivity contribution in [2.75, 3.05) is 0 Å². The highest BCUT2D eigenvalue weighted by molar-refractivity contribution is 5.60. The van der Waals surface area contributed by atoms with Gasteiger partial charge in [0.15, 0.2) is 0 Å². The lowest BCUT2D eigenvalue weighted by atomic mass is 9.77. The van der Waals surface area contributed by atoms with E-state index in [-0.39, 0.29) is 53.1 Å². The van der Waals surface area contributed by atoms with E-state index in [2.05, 4.69) is 83.1 Å². The predicted octanol–water partition coefficient (Wildman–Crippen LogP) is 9.63. The Morgan fingerprint density at radius 1 is 0.350 bits per heavy atom. The molecule has 0 atom stereocenters. The minimum atomic E-state index is -0.758. The van der Waals surface area contributed by atoms with Crippen LogP contribution in [0.25, 0.3) is 0 Å². The van der Waals surface area contributed by atoms with Crippen LogP contribution in [0.3, 0.4) is 0 Å². The molecule has 0 bridgehead atoms. The summed E-state index contributed by atoms with van der Waals surface area (Å²) >= 11 is 0. The normalized spacial score (nSPS) is 12.5. The monoisotopic (exact) mass is 826 g/mol. The van der Waals surface area contributed by atoms with Crippen LogP contribution in [0.2, 0.25) is 0 Å². The Bertz CT molecular complexity index is 2190. The Kier molecular flexibility index (Phi) is 14.0. The maximum atomic E-state index is 15.0. The number of nitrogens with zero attached hydrogens (tertiary/aromatic N) is 3. The minimum Gasteiger partial charge on any atom is -0.507 e. The first-order valence-electron chi connectivity index (χ1n) is 22.2. The molecule has 0 fully saturated rings. The average Bonchev–Trinajstić information content (AvgIpc) is 3.15. The SMILES string of the molecule is CCc1c(Cn2c(=O)n(Cc3c(C)c(O)c(C(C)(C)C)c(CC)c3CC)c(=O)n(Cc3c(C)c(O)c(C(C)(C)C)c(CC)c3CC)c2=O)c(C)c(O)c(C(C)(C)C)c1CC. The van der Waals surface area contributed by atoms with Gasteiger partial charge in [-0.2, -0.15) is 0 Å². The molecule has 3 N–H and O–H groups in total. The quantitative estimate of drug-likeness (QED) is 0.131. The standard InChI is InChI=1S/C51H75N3O6/c1-19-31-34(22-4)40(49(10,11)12)43(55)28(7)37(31)25-52-46(58)53(26-38-29(8)44(56)41(50(13,14)15)35(23-5)32(38)20-2)48(60)54(47(52)59)27-39-30(9)45(57)42(51(16,17)18)36(24-6)33(39)21-3/h55-57H,19-27H2,1-18H3. The van der Waals surface area contributed by atoms with E-state index < -0.39 is 17.1 Å². The Morgan fingerprint density at radius 3 is 0.683 bits per heavy atom. The van der Waals surface area contributed by atoms with E-state index in [1.165, 1.54) is 0 Å². The number of hydrogen-bond acceptors (Lipinski definition) is 6. The lowest BCUT2D eigenvalue weighted by Gasteiger charge is -2.30. The zero-order valence-electron chi connectivity index (χ0n) is 40.3. The molecule has 1 heterocycles. The molecule has 0 aliphatic heterocycles. The van der Waals surface area contributed by atoms with Gasteiger partial charge in [-0.15, -0.1) is 0 Å². The molecule has 0 spiro atoms. The molecule has 0 radical (unpaired) electrons. The molecule has 4 rings (SSSR count). The topological polar surface area (TPSA) is 127 Å². The lowest BCUT2D eigenvalue weighted by molar-refractivity contribution is 0.434. The number of phenolic OH excluding ortho intramolecular Hbond substituents is 3. The van der Waals surface area contributed by atoms with Crippen LogP contribution in [0.15, 0.2) is 14.4 Å². The van der Waals surface area contributed by atoms with Gasteiger partial charge in [0.2, 0.25) is 0 Å². The summed E-state index contributed by atoms with van der Waals surface area (Å²) in [6.45, 7) is 36.0. The van der Waals surface area contributed by atoms with E-state index in [0.29, 0.717) is 71.9 Å². The van der Waals surface area contributed by atoms with E-state index in [1.54, 1.807) is 0 Å². The highest BCUT2D eigenvalue weighted by atomic mass is 16.3. The fourth-order valence-corrected chi connectivity index (χ4v) is 10.2. The van der Waals surface area contributed by atoms with Gasteiger partial charge in [-0.25, -0.2) is 28.1 Å².